The Morgan fingerprint density at radius 3 is 2.82 bits per heavy atom. The number of allylic oxidation sites excluding steroid dienone is 1. The van der Waals surface area contributed by atoms with Gasteiger partial charge in [-0.05, 0) is 105 Å². The first-order valence-electron chi connectivity index (χ1n) is 14.1. The summed E-state index contributed by atoms with van der Waals surface area (Å²) in [5, 5.41) is 0. The predicted octanol–water partition coefficient (Wildman–Crippen LogP) is 7.28. The van der Waals surface area contributed by atoms with Crippen LogP contribution in [0, 0.1) is 34.9 Å². The molecular formula is C32H37FN2O4. The molecule has 1 saturated heterocycles. The van der Waals surface area contributed by atoms with Crippen LogP contribution < -0.4 is 0 Å². The monoisotopic (exact) mass is 532 g/mol. The molecule has 1 aromatic carbocycles. The number of rotatable bonds is 4. The van der Waals surface area contributed by atoms with Crippen LogP contribution in [-0.4, -0.2) is 35.5 Å². The van der Waals surface area contributed by atoms with Gasteiger partial charge in [-0.2, -0.15) is 4.99 Å². The van der Waals surface area contributed by atoms with E-state index >= 15 is 0 Å². The fourth-order valence-electron chi connectivity index (χ4n) is 7.09. The third kappa shape index (κ3) is 5.97. The molecule has 6 nitrogen and oxygen atoms in total. The summed E-state index contributed by atoms with van der Waals surface area (Å²) in [5.41, 5.74) is 3.15. The number of nitrogens with zero attached hydrogens (tertiary/aromatic N) is 2. The SMILES string of the molecule is CCOC(=O)N=C1CC[C@H]2[C@H](/C=C/c3ccc(-c4cccc(F)c4)cn3)[C@H]3CC[C@@H](C)OC(=O)[C@@H]3C[C@]2(C)C1. The zero-order valence-electron chi connectivity index (χ0n) is 22.9. The van der Waals surface area contributed by atoms with Crippen molar-refractivity contribution >= 4 is 23.9 Å². The molecule has 5 rings (SSSR count). The number of fused-ring (bicyclic) bond motifs is 2. The molecule has 1 amide bonds. The first kappa shape index (κ1) is 27.2. The van der Waals surface area contributed by atoms with E-state index < -0.39 is 6.09 Å². The highest BCUT2D eigenvalue weighted by Gasteiger charge is 2.54. The molecule has 2 aromatic rings. The molecule has 1 aliphatic heterocycles. The van der Waals surface area contributed by atoms with E-state index in [9.17, 15) is 14.0 Å². The maximum absolute atomic E-state index is 13.7. The standard InChI is InChI=1S/C32H37FN2O4/c1-4-38-31(37)35-25-12-15-29-27(26-13-8-20(2)39-30(36)28(26)18-32(29,3)17-25)14-11-24-10-9-22(19-34-24)21-6-5-7-23(33)16-21/h5-7,9-11,14,16,19-20,26-29H,4,8,12-13,15,17-18H2,1-3H3/b14-11+,35-25?/t20-,26-,27-,28-,29+,32+/m1/s1. The molecule has 1 aromatic heterocycles. The highest BCUT2D eigenvalue weighted by molar-refractivity contribution is 5.94. The second-order valence-electron chi connectivity index (χ2n) is 11.6. The van der Waals surface area contributed by atoms with Crippen LogP contribution in [0.15, 0.2) is 53.7 Å². The number of carbonyl (C=O) groups excluding carboxylic acids is 2. The number of carbonyl (C=O) groups is 2. The quantitative estimate of drug-likeness (QED) is 0.387. The first-order valence-corrected chi connectivity index (χ1v) is 14.1. The van der Waals surface area contributed by atoms with Gasteiger partial charge < -0.3 is 9.47 Å². The topological polar surface area (TPSA) is 77.8 Å². The number of aromatic nitrogens is 1. The largest absolute Gasteiger partial charge is 0.462 e. The minimum atomic E-state index is -0.532. The van der Waals surface area contributed by atoms with Gasteiger partial charge in [-0.25, -0.2) is 9.18 Å². The van der Waals surface area contributed by atoms with E-state index in [2.05, 4.69) is 29.1 Å². The number of amides is 1. The fraction of sp³-hybridized carbons (Fsp3) is 0.500. The van der Waals surface area contributed by atoms with Crippen molar-refractivity contribution in [3.8, 4) is 11.1 Å². The third-order valence-electron chi connectivity index (χ3n) is 8.89. The van der Waals surface area contributed by atoms with Crippen molar-refractivity contribution in [3.63, 3.8) is 0 Å². The Bertz CT molecular complexity index is 1270. The summed E-state index contributed by atoms with van der Waals surface area (Å²) in [6, 6.07) is 10.4. The number of hydrogen-bond acceptors (Lipinski definition) is 5. The highest BCUT2D eigenvalue weighted by Crippen LogP contribution is 2.58. The summed E-state index contributed by atoms with van der Waals surface area (Å²) < 4.78 is 24.5. The summed E-state index contributed by atoms with van der Waals surface area (Å²) in [4.78, 5) is 34.2. The van der Waals surface area contributed by atoms with Crippen molar-refractivity contribution in [2.45, 2.75) is 65.4 Å². The van der Waals surface area contributed by atoms with Crippen LogP contribution in [0.25, 0.3) is 17.2 Å². The Balaban J connectivity index is 1.43. The van der Waals surface area contributed by atoms with Gasteiger partial charge in [0.1, 0.15) is 5.82 Å². The number of esters is 1. The Kier molecular flexibility index (Phi) is 7.96. The second-order valence-corrected chi connectivity index (χ2v) is 11.6. The molecule has 2 saturated carbocycles. The van der Waals surface area contributed by atoms with E-state index in [1.165, 1.54) is 12.1 Å². The summed E-state index contributed by atoms with van der Waals surface area (Å²) in [6.45, 7) is 6.29. The molecule has 7 heteroatoms. The average Bonchev–Trinajstić information content (AvgIpc) is 3.03. The zero-order valence-corrected chi connectivity index (χ0v) is 22.9. The van der Waals surface area contributed by atoms with Crippen molar-refractivity contribution in [1.29, 1.82) is 0 Å². The Hall–Kier alpha value is -3.35. The van der Waals surface area contributed by atoms with Crippen LogP contribution in [-0.2, 0) is 14.3 Å². The van der Waals surface area contributed by atoms with Crippen LogP contribution >= 0.6 is 0 Å². The number of ether oxygens (including phenoxy) is 2. The maximum Gasteiger partial charge on any atom is 0.433 e. The third-order valence-corrected chi connectivity index (χ3v) is 8.89. The lowest BCUT2D eigenvalue weighted by Crippen LogP contribution is -2.50. The van der Waals surface area contributed by atoms with Gasteiger partial charge in [-0.15, -0.1) is 0 Å². The molecule has 2 aliphatic carbocycles. The molecule has 0 N–H and O–H groups in total. The van der Waals surface area contributed by atoms with Gasteiger partial charge in [0, 0.05) is 17.5 Å². The van der Waals surface area contributed by atoms with Gasteiger partial charge in [0.2, 0.25) is 0 Å². The number of cyclic esters (lactones) is 1. The lowest BCUT2D eigenvalue weighted by atomic mass is 9.50. The van der Waals surface area contributed by atoms with Gasteiger partial charge >= 0.3 is 12.1 Å². The number of aliphatic imine (C=N–C) groups is 1. The van der Waals surface area contributed by atoms with Gasteiger partial charge in [0.15, 0.2) is 0 Å². The van der Waals surface area contributed by atoms with Crippen LogP contribution in [0.1, 0.15) is 65.0 Å². The summed E-state index contributed by atoms with van der Waals surface area (Å²) in [5.74, 6) is 0.174. The maximum atomic E-state index is 13.7. The fourth-order valence-corrected chi connectivity index (χ4v) is 7.09. The van der Waals surface area contributed by atoms with E-state index in [0.717, 1.165) is 54.6 Å². The number of pyridine rings is 1. The summed E-state index contributed by atoms with van der Waals surface area (Å²) in [6.07, 6.45) is 10.3. The zero-order chi connectivity index (χ0) is 27.6. The van der Waals surface area contributed by atoms with Crippen LogP contribution in [0.3, 0.4) is 0 Å². The Morgan fingerprint density at radius 2 is 2.08 bits per heavy atom. The van der Waals surface area contributed by atoms with Crippen LogP contribution in [0.5, 0.6) is 0 Å². The molecule has 0 spiro atoms. The van der Waals surface area contributed by atoms with E-state index in [4.69, 9.17) is 9.47 Å². The van der Waals surface area contributed by atoms with Gasteiger partial charge in [0.25, 0.3) is 0 Å². The van der Waals surface area contributed by atoms with Crippen LogP contribution in [0.2, 0.25) is 0 Å². The normalized spacial score (nSPS) is 31.7. The molecule has 0 bridgehead atoms. The molecule has 0 radical (unpaired) electrons. The molecule has 3 aliphatic rings. The van der Waals surface area contributed by atoms with E-state index in [1.54, 1.807) is 19.2 Å². The second kappa shape index (κ2) is 11.4. The van der Waals surface area contributed by atoms with Crippen molar-refractivity contribution in [3.05, 3.63) is 60.2 Å². The van der Waals surface area contributed by atoms with Crippen molar-refractivity contribution < 1.29 is 23.5 Å². The van der Waals surface area contributed by atoms with Crippen LogP contribution in [0.4, 0.5) is 9.18 Å². The first-order chi connectivity index (χ1) is 18.8. The number of halogens is 1. The molecule has 6 atom stereocenters. The average molecular weight is 533 g/mol. The number of hydrogen-bond donors (Lipinski definition) is 0. The number of benzene rings is 1. The summed E-state index contributed by atoms with van der Waals surface area (Å²) >= 11 is 0. The van der Waals surface area contributed by atoms with E-state index in [-0.39, 0.29) is 41.1 Å². The summed E-state index contributed by atoms with van der Waals surface area (Å²) in [7, 11) is 0. The lowest BCUT2D eigenvalue weighted by Gasteiger charge is -2.54. The molecule has 0 unspecified atom stereocenters. The van der Waals surface area contributed by atoms with Crippen molar-refractivity contribution in [2.24, 2.45) is 34.1 Å². The van der Waals surface area contributed by atoms with Gasteiger partial charge in [0.05, 0.1) is 24.3 Å². The molecule has 2 heterocycles. The van der Waals surface area contributed by atoms with E-state index in [1.807, 2.05) is 25.1 Å². The van der Waals surface area contributed by atoms with Gasteiger partial charge in [-0.3, -0.25) is 9.78 Å². The molecule has 3 fully saturated rings. The van der Waals surface area contributed by atoms with Crippen molar-refractivity contribution in [1.82, 2.24) is 4.98 Å². The molecular weight excluding hydrogens is 495 g/mol. The Labute approximate surface area is 229 Å². The van der Waals surface area contributed by atoms with Gasteiger partial charge in [-0.1, -0.05) is 31.2 Å². The molecule has 206 valence electrons. The highest BCUT2D eigenvalue weighted by atomic mass is 19.1. The minimum absolute atomic E-state index is 0.0828. The lowest BCUT2D eigenvalue weighted by molar-refractivity contribution is -0.158. The molecule has 39 heavy (non-hydrogen) atoms. The predicted molar refractivity (Wildman–Crippen MR) is 148 cm³/mol. The van der Waals surface area contributed by atoms with Crippen molar-refractivity contribution in [2.75, 3.05) is 6.61 Å². The minimum Gasteiger partial charge on any atom is -0.462 e. The Morgan fingerprint density at radius 1 is 1.23 bits per heavy atom. The smallest absolute Gasteiger partial charge is 0.433 e. The van der Waals surface area contributed by atoms with E-state index in [0.29, 0.717) is 18.9 Å².